The zero-order valence-electron chi connectivity index (χ0n) is 11.1. The van der Waals surface area contributed by atoms with Crippen LogP contribution in [0.25, 0.3) is 0 Å². The van der Waals surface area contributed by atoms with Gasteiger partial charge in [-0.3, -0.25) is 4.79 Å². The van der Waals surface area contributed by atoms with E-state index in [1.807, 2.05) is 20.8 Å². The zero-order valence-corrected chi connectivity index (χ0v) is 12.6. The summed E-state index contributed by atoms with van der Waals surface area (Å²) in [6.07, 6.45) is 0.194. The average molecular weight is 305 g/mol. The van der Waals surface area contributed by atoms with Crippen molar-refractivity contribution in [1.82, 2.24) is 0 Å². The van der Waals surface area contributed by atoms with Crippen LogP contribution in [0.1, 0.15) is 27.2 Å². The molecular formula is C13H18Cl2N2O2. The Labute approximate surface area is 122 Å². The van der Waals surface area contributed by atoms with Crippen LogP contribution in [0.2, 0.25) is 10.0 Å². The van der Waals surface area contributed by atoms with Gasteiger partial charge in [0.25, 0.3) is 0 Å². The summed E-state index contributed by atoms with van der Waals surface area (Å²) >= 11 is 11.5. The van der Waals surface area contributed by atoms with Crippen LogP contribution >= 0.6 is 23.2 Å². The quantitative estimate of drug-likeness (QED) is 0.749. The third-order valence-electron chi connectivity index (χ3n) is 2.82. The van der Waals surface area contributed by atoms with Gasteiger partial charge in [-0.2, -0.15) is 0 Å². The lowest BCUT2D eigenvalue weighted by Crippen LogP contribution is -2.38. The number of phenols is 1. The van der Waals surface area contributed by atoms with E-state index in [1.165, 1.54) is 12.1 Å². The number of nitrogens with two attached hydrogens (primary N) is 1. The summed E-state index contributed by atoms with van der Waals surface area (Å²) in [6, 6.07) is 2.61. The van der Waals surface area contributed by atoms with Gasteiger partial charge in [0.05, 0.1) is 10.0 Å². The number of amides is 1. The van der Waals surface area contributed by atoms with Crippen LogP contribution in [-0.2, 0) is 4.79 Å². The standard InChI is InChI=1S/C13H18Cl2N2O2/c1-13(2,3)10(16)6-11(18)17-7-4-8(14)12(19)9(15)5-7/h4-5,10,19H,6,16H2,1-3H3,(H,17,18). The van der Waals surface area contributed by atoms with Crippen molar-refractivity contribution in [2.45, 2.75) is 33.2 Å². The molecule has 1 aromatic rings. The number of aromatic hydroxyl groups is 1. The summed E-state index contributed by atoms with van der Waals surface area (Å²) in [7, 11) is 0. The zero-order chi connectivity index (χ0) is 14.8. The highest BCUT2D eigenvalue weighted by Crippen LogP contribution is 2.34. The molecule has 6 heteroatoms. The third-order valence-corrected chi connectivity index (χ3v) is 3.39. The van der Waals surface area contributed by atoms with Crippen molar-refractivity contribution in [3.05, 3.63) is 22.2 Å². The normalized spacial score (nSPS) is 13.2. The highest BCUT2D eigenvalue weighted by molar-refractivity contribution is 6.37. The van der Waals surface area contributed by atoms with E-state index in [-0.39, 0.29) is 39.6 Å². The Morgan fingerprint density at radius 1 is 1.37 bits per heavy atom. The maximum Gasteiger partial charge on any atom is 0.225 e. The van der Waals surface area contributed by atoms with E-state index in [4.69, 9.17) is 28.9 Å². The molecule has 1 atom stereocenters. The molecule has 0 aromatic heterocycles. The lowest BCUT2D eigenvalue weighted by Gasteiger charge is -2.26. The number of hydrogen-bond acceptors (Lipinski definition) is 3. The SMILES string of the molecule is CC(C)(C)C(N)CC(=O)Nc1cc(Cl)c(O)c(Cl)c1. The lowest BCUT2D eigenvalue weighted by atomic mass is 9.85. The van der Waals surface area contributed by atoms with Crippen molar-refractivity contribution >= 4 is 34.8 Å². The number of carbonyl (C=O) groups excluding carboxylic acids is 1. The predicted octanol–water partition coefficient (Wildman–Crippen LogP) is 3.40. The van der Waals surface area contributed by atoms with Crippen LogP contribution in [0.4, 0.5) is 5.69 Å². The number of benzene rings is 1. The molecule has 1 unspecified atom stereocenters. The summed E-state index contributed by atoms with van der Waals surface area (Å²) in [5.74, 6) is -0.423. The molecule has 0 saturated heterocycles. The minimum atomic E-state index is -0.254. The largest absolute Gasteiger partial charge is 0.505 e. The van der Waals surface area contributed by atoms with E-state index in [0.717, 1.165) is 0 Å². The first-order chi connectivity index (χ1) is 8.61. The Balaban J connectivity index is 2.73. The highest BCUT2D eigenvalue weighted by atomic mass is 35.5. The molecule has 0 aliphatic heterocycles. The first kappa shape index (κ1) is 16.1. The molecule has 0 fully saturated rings. The maximum absolute atomic E-state index is 11.8. The molecule has 1 amide bonds. The summed E-state index contributed by atoms with van der Waals surface area (Å²) in [5, 5.41) is 12.2. The van der Waals surface area contributed by atoms with Gasteiger partial charge in [0.1, 0.15) is 0 Å². The molecule has 0 radical (unpaired) electrons. The second-order valence-electron chi connectivity index (χ2n) is 5.51. The topological polar surface area (TPSA) is 75.4 Å². The summed E-state index contributed by atoms with van der Waals surface area (Å²) in [4.78, 5) is 11.8. The van der Waals surface area contributed by atoms with Crippen LogP contribution in [0, 0.1) is 5.41 Å². The first-order valence-electron chi connectivity index (χ1n) is 5.84. The molecule has 0 heterocycles. The van der Waals surface area contributed by atoms with Crippen molar-refractivity contribution in [1.29, 1.82) is 0 Å². The fourth-order valence-electron chi connectivity index (χ4n) is 1.36. The van der Waals surface area contributed by atoms with E-state index in [9.17, 15) is 9.90 Å². The van der Waals surface area contributed by atoms with Crippen LogP contribution in [0.15, 0.2) is 12.1 Å². The Hall–Kier alpha value is -0.970. The number of rotatable bonds is 3. The van der Waals surface area contributed by atoms with Crippen LogP contribution in [0.5, 0.6) is 5.75 Å². The van der Waals surface area contributed by atoms with E-state index in [2.05, 4.69) is 5.32 Å². The van der Waals surface area contributed by atoms with Gasteiger partial charge in [-0.25, -0.2) is 0 Å². The molecule has 0 saturated carbocycles. The lowest BCUT2D eigenvalue weighted by molar-refractivity contribution is -0.117. The second-order valence-corrected chi connectivity index (χ2v) is 6.33. The van der Waals surface area contributed by atoms with Gasteiger partial charge in [-0.05, 0) is 17.5 Å². The number of halogens is 2. The molecule has 0 spiro atoms. The molecule has 19 heavy (non-hydrogen) atoms. The molecule has 4 nitrogen and oxygen atoms in total. The fraction of sp³-hybridized carbons (Fsp3) is 0.462. The molecule has 0 aliphatic rings. The Bertz CT molecular complexity index is 461. The van der Waals surface area contributed by atoms with Gasteiger partial charge < -0.3 is 16.2 Å². The van der Waals surface area contributed by atoms with Crippen molar-refractivity contribution in [3.63, 3.8) is 0 Å². The summed E-state index contributed by atoms with van der Waals surface area (Å²) in [5.41, 5.74) is 6.21. The Morgan fingerprint density at radius 2 is 1.84 bits per heavy atom. The highest BCUT2D eigenvalue weighted by Gasteiger charge is 2.23. The van der Waals surface area contributed by atoms with Crippen molar-refractivity contribution in [2.24, 2.45) is 11.1 Å². The number of anilines is 1. The van der Waals surface area contributed by atoms with Gasteiger partial charge in [0, 0.05) is 18.2 Å². The number of nitrogens with one attached hydrogen (secondary N) is 1. The molecular weight excluding hydrogens is 287 g/mol. The van der Waals surface area contributed by atoms with Gasteiger partial charge in [0.15, 0.2) is 5.75 Å². The first-order valence-corrected chi connectivity index (χ1v) is 6.60. The monoisotopic (exact) mass is 304 g/mol. The van der Waals surface area contributed by atoms with Gasteiger partial charge in [-0.1, -0.05) is 44.0 Å². The fourth-order valence-corrected chi connectivity index (χ4v) is 1.84. The second kappa shape index (κ2) is 5.99. The third kappa shape index (κ3) is 4.56. The van der Waals surface area contributed by atoms with E-state index < -0.39 is 0 Å². The van der Waals surface area contributed by atoms with Gasteiger partial charge in [-0.15, -0.1) is 0 Å². The number of hydrogen-bond donors (Lipinski definition) is 3. The van der Waals surface area contributed by atoms with Crippen molar-refractivity contribution < 1.29 is 9.90 Å². The van der Waals surface area contributed by atoms with E-state index in [1.54, 1.807) is 0 Å². The summed E-state index contributed by atoms with van der Waals surface area (Å²) < 4.78 is 0. The van der Waals surface area contributed by atoms with Crippen LogP contribution < -0.4 is 11.1 Å². The molecule has 1 aromatic carbocycles. The van der Waals surface area contributed by atoms with Crippen LogP contribution in [-0.4, -0.2) is 17.1 Å². The van der Waals surface area contributed by atoms with Crippen LogP contribution in [0.3, 0.4) is 0 Å². The minimum Gasteiger partial charge on any atom is -0.505 e. The van der Waals surface area contributed by atoms with Gasteiger partial charge >= 0.3 is 0 Å². The maximum atomic E-state index is 11.8. The Morgan fingerprint density at radius 3 is 2.26 bits per heavy atom. The van der Waals surface area contributed by atoms with Crippen molar-refractivity contribution in [3.8, 4) is 5.75 Å². The minimum absolute atomic E-state index is 0.0860. The molecule has 0 aliphatic carbocycles. The predicted molar refractivity (Wildman–Crippen MR) is 78.8 cm³/mol. The molecule has 4 N–H and O–H groups in total. The van der Waals surface area contributed by atoms with Crippen molar-refractivity contribution in [2.75, 3.05) is 5.32 Å². The summed E-state index contributed by atoms with van der Waals surface area (Å²) in [6.45, 7) is 5.91. The van der Waals surface area contributed by atoms with E-state index >= 15 is 0 Å². The van der Waals surface area contributed by atoms with E-state index in [0.29, 0.717) is 5.69 Å². The molecule has 106 valence electrons. The molecule has 1 rings (SSSR count). The number of carbonyl (C=O) groups is 1. The Kier molecular flexibility index (Phi) is 5.07. The number of phenolic OH excluding ortho intramolecular Hbond substituents is 1. The van der Waals surface area contributed by atoms with Gasteiger partial charge in [0.2, 0.25) is 5.91 Å². The molecule has 0 bridgehead atoms. The average Bonchev–Trinajstić information content (AvgIpc) is 2.24. The smallest absolute Gasteiger partial charge is 0.225 e.